The lowest BCUT2D eigenvalue weighted by Gasteiger charge is -2.27. The molecule has 3 rings (SSSR count). The van der Waals surface area contributed by atoms with Crippen LogP contribution in [0.1, 0.15) is 39.5 Å². The minimum Gasteiger partial charge on any atom is -0.461 e. The predicted molar refractivity (Wildman–Crippen MR) is 144 cm³/mol. The molecule has 0 radical (unpaired) electrons. The number of anilines is 3. The van der Waals surface area contributed by atoms with E-state index in [9.17, 15) is 23.2 Å². The van der Waals surface area contributed by atoms with Gasteiger partial charge in [-0.3, -0.25) is 15.0 Å². The molecule has 0 bridgehead atoms. The highest BCUT2D eigenvalue weighted by Crippen LogP contribution is 2.29. The molecule has 0 spiro atoms. The Bertz CT molecular complexity index is 1220. The molecule has 2 aromatic rings. The molecule has 2 amide bonds. The fourth-order valence-corrected chi connectivity index (χ4v) is 4.25. The van der Waals surface area contributed by atoms with Gasteiger partial charge in [-0.1, -0.05) is 12.1 Å². The van der Waals surface area contributed by atoms with Crippen molar-refractivity contribution in [1.82, 2.24) is 0 Å². The third-order valence-corrected chi connectivity index (χ3v) is 6.21. The second-order valence-electron chi connectivity index (χ2n) is 8.77. The van der Waals surface area contributed by atoms with Crippen molar-refractivity contribution in [2.45, 2.75) is 46.1 Å². The molecule has 9 nitrogen and oxygen atoms in total. The van der Waals surface area contributed by atoms with Crippen LogP contribution in [0.4, 0.5) is 25.8 Å². The van der Waals surface area contributed by atoms with Crippen molar-refractivity contribution < 1.29 is 32.6 Å². The number of hydrogen-bond donors (Lipinski definition) is 2. The van der Waals surface area contributed by atoms with Crippen LogP contribution < -0.4 is 19.9 Å². The fourth-order valence-electron chi connectivity index (χ4n) is 4.25. The average molecular weight is 543 g/mol. The summed E-state index contributed by atoms with van der Waals surface area (Å²) in [4.78, 5) is 39.7. The Labute approximate surface area is 225 Å². The maximum Gasteiger partial charge on any atom is 0.387 e. The van der Waals surface area contributed by atoms with Gasteiger partial charge in [0.05, 0.1) is 12.3 Å². The number of allylic oxidation sites excluding steroid dienone is 1. The van der Waals surface area contributed by atoms with Crippen molar-refractivity contribution in [2.24, 2.45) is 0 Å². The van der Waals surface area contributed by atoms with Crippen LogP contribution in [0, 0.1) is 5.41 Å². The van der Waals surface area contributed by atoms with Gasteiger partial charge in [-0.05, 0) is 69.5 Å². The fraction of sp³-hybridized carbons (Fsp3) is 0.357. The SMILES string of the molecule is CCOC(=O)C(=N)/C(CCN(C=O)c1ccc(N2CCCCC2=O)cc1)=C(/C)Nc1ccccc1OC(F)F. The number of amides is 2. The van der Waals surface area contributed by atoms with Crippen LogP contribution in [0.25, 0.3) is 0 Å². The first kappa shape index (κ1) is 29.3. The Morgan fingerprint density at radius 1 is 1.18 bits per heavy atom. The highest BCUT2D eigenvalue weighted by molar-refractivity contribution is 6.42. The van der Waals surface area contributed by atoms with Gasteiger partial charge in [0, 0.05) is 42.2 Å². The summed E-state index contributed by atoms with van der Waals surface area (Å²) in [6.07, 6.45) is 3.04. The second-order valence-corrected chi connectivity index (χ2v) is 8.77. The predicted octanol–water partition coefficient (Wildman–Crippen LogP) is 5.13. The summed E-state index contributed by atoms with van der Waals surface area (Å²) in [5.41, 5.74) is 1.70. The smallest absolute Gasteiger partial charge is 0.387 e. The molecule has 2 N–H and O–H groups in total. The number of para-hydroxylation sites is 2. The minimum absolute atomic E-state index is 0.0667. The van der Waals surface area contributed by atoms with Crippen LogP contribution in [0.5, 0.6) is 5.75 Å². The molecule has 1 saturated heterocycles. The van der Waals surface area contributed by atoms with Crippen LogP contribution in [0.15, 0.2) is 59.8 Å². The molecule has 0 aromatic heterocycles. The summed E-state index contributed by atoms with van der Waals surface area (Å²) >= 11 is 0. The van der Waals surface area contributed by atoms with E-state index in [2.05, 4.69) is 10.1 Å². The van der Waals surface area contributed by atoms with Crippen LogP contribution in [-0.4, -0.2) is 50.3 Å². The van der Waals surface area contributed by atoms with Crippen molar-refractivity contribution in [3.05, 3.63) is 59.8 Å². The van der Waals surface area contributed by atoms with E-state index >= 15 is 0 Å². The first-order valence-corrected chi connectivity index (χ1v) is 12.6. The molecule has 39 heavy (non-hydrogen) atoms. The number of benzene rings is 2. The number of alkyl halides is 2. The number of esters is 1. The highest BCUT2D eigenvalue weighted by Gasteiger charge is 2.22. The zero-order valence-corrected chi connectivity index (χ0v) is 21.9. The van der Waals surface area contributed by atoms with E-state index in [-0.39, 0.29) is 42.5 Å². The van der Waals surface area contributed by atoms with E-state index in [4.69, 9.17) is 10.1 Å². The van der Waals surface area contributed by atoms with Gasteiger partial charge in [-0.15, -0.1) is 0 Å². The van der Waals surface area contributed by atoms with E-state index in [1.165, 1.54) is 23.1 Å². The molecule has 1 fully saturated rings. The van der Waals surface area contributed by atoms with Gasteiger partial charge in [0.1, 0.15) is 11.5 Å². The van der Waals surface area contributed by atoms with Crippen molar-refractivity contribution in [1.29, 1.82) is 5.41 Å². The van der Waals surface area contributed by atoms with E-state index < -0.39 is 18.3 Å². The molecule has 1 aliphatic rings. The summed E-state index contributed by atoms with van der Waals surface area (Å²) in [5.74, 6) is -0.883. The zero-order chi connectivity index (χ0) is 28.4. The summed E-state index contributed by atoms with van der Waals surface area (Å²) in [6.45, 7) is 1.01. The average Bonchev–Trinajstić information content (AvgIpc) is 2.92. The van der Waals surface area contributed by atoms with Crippen LogP contribution in [0.2, 0.25) is 0 Å². The summed E-state index contributed by atoms with van der Waals surface area (Å²) in [6, 6.07) is 13.1. The quantitative estimate of drug-likeness (QED) is 0.206. The van der Waals surface area contributed by atoms with E-state index in [1.54, 1.807) is 49.1 Å². The molecule has 0 unspecified atom stereocenters. The Balaban J connectivity index is 1.82. The van der Waals surface area contributed by atoms with E-state index in [0.717, 1.165) is 18.5 Å². The number of nitrogens with one attached hydrogen (secondary N) is 2. The molecular formula is C28H32F2N4O5. The van der Waals surface area contributed by atoms with Crippen molar-refractivity contribution in [2.75, 3.05) is 34.8 Å². The van der Waals surface area contributed by atoms with Crippen molar-refractivity contribution in [3.63, 3.8) is 0 Å². The summed E-state index contributed by atoms with van der Waals surface area (Å²) in [5, 5.41) is 11.4. The van der Waals surface area contributed by atoms with Gasteiger partial charge < -0.3 is 24.6 Å². The van der Waals surface area contributed by atoms with Crippen LogP contribution >= 0.6 is 0 Å². The number of ether oxygens (including phenoxy) is 2. The first-order chi connectivity index (χ1) is 18.7. The normalized spacial score (nSPS) is 14.0. The summed E-state index contributed by atoms with van der Waals surface area (Å²) < 4.78 is 35.3. The van der Waals surface area contributed by atoms with Gasteiger partial charge in [-0.25, -0.2) is 4.79 Å². The number of rotatable bonds is 13. The molecule has 208 valence electrons. The lowest BCUT2D eigenvalue weighted by Crippen LogP contribution is -2.35. The number of carbonyl (C=O) groups is 3. The molecular weight excluding hydrogens is 510 g/mol. The molecule has 2 aromatic carbocycles. The monoisotopic (exact) mass is 542 g/mol. The van der Waals surface area contributed by atoms with E-state index in [1.807, 2.05) is 0 Å². The Morgan fingerprint density at radius 2 is 1.90 bits per heavy atom. The highest BCUT2D eigenvalue weighted by atomic mass is 19.3. The lowest BCUT2D eigenvalue weighted by molar-refractivity contribution is -0.135. The summed E-state index contributed by atoms with van der Waals surface area (Å²) in [7, 11) is 0. The Morgan fingerprint density at radius 3 is 2.54 bits per heavy atom. The number of halogens is 2. The lowest BCUT2D eigenvalue weighted by atomic mass is 10.0. The van der Waals surface area contributed by atoms with Crippen molar-refractivity contribution in [3.8, 4) is 5.75 Å². The number of hydrogen-bond acceptors (Lipinski definition) is 7. The largest absolute Gasteiger partial charge is 0.461 e. The number of piperidine rings is 1. The van der Waals surface area contributed by atoms with Gasteiger partial charge in [0.2, 0.25) is 12.3 Å². The molecule has 11 heteroatoms. The van der Waals surface area contributed by atoms with Crippen molar-refractivity contribution >= 4 is 41.1 Å². The Kier molecular flexibility index (Phi) is 10.5. The minimum atomic E-state index is -3.03. The topological polar surface area (TPSA) is 112 Å². The van der Waals surface area contributed by atoms with Crippen LogP contribution in [-0.2, 0) is 19.1 Å². The van der Waals surface area contributed by atoms with Gasteiger partial charge >= 0.3 is 12.6 Å². The Hall–Kier alpha value is -4.28. The maximum absolute atomic E-state index is 12.9. The molecule has 0 atom stereocenters. The zero-order valence-electron chi connectivity index (χ0n) is 21.9. The third-order valence-electron chi connectivity index (χ3n) is 6.21. The molecule has 0 saturated carbocycles. The molecule has 0 aliphatic carbocycles. The molecule has 1 heterocycles. The van der Waals surface area contributed by atoms with E-state index in [0.29, 0.717) is 30.8 Å². The second kappa shape index (κ2) is 14.0. The van der Waals surface area contributed by atoms with Gasteiger partial charge in [0.25, 0.3) is 0 Å². The number of carbonyl (C=O) groups excluding carboxylic acids is 3. The van der Waals surface area contributed by atoms with Gasteiger partial charge in [-0.2, -0.15) is 8.78 Å². The van der Waals surface area contributed by atoms with Crippen LogP contribution in [0.3, 0.4) is 0 Å². The molecule has 1 aliphatic heterocycles. The number of nitrogens with zero attached hydrogens (tertiary/aromatic N) is 2. The standard InChI is InChI=1S/C28H32F2N4O5/c1-3-38-27(37)26(31)22(19(2)32-23-8-4-5-9-24(23)39-28(29)30)15-17-33(18-35)20-11-13-21(14-12-20)34-16-7-6-10-25(34)36/h4-5,8-9,11-14,18,28,31-32H,3,6-7,10,15-17H2,1-2H3/b22-19-,31-26?. The third kappa shape index (κ3) is 7.86. The first-order valence-electron chi connectivity index (χ1n) is 12.6. The maximum atomic E-state index is 12.9. The van der Waals surface area contributed by atoms with Gasteiger partial charge in [0.15, 0.2) is 0 Å².